The Bertz CT molecular complexity index is 227. The van der Waals surface area contributed by atoms with E-state index in [9.17, 15) is 0 Å². The van der Waals surface area contributed by atoms with Gasteiger partial charge in [-0.05, 0) is 25.2 Å². The van der Waals surface area contributed by atoms with Crippen molar-refractivity contribution in [1.29, 1.82) is 5.41 Å². The molecular formula is C13H27N3O. The molecule has 0 heterocycles. The van der Waals surface area contributed by atoms with Crippen molar-refractivity contribution >= 4 is 5.84 Å². The summed E-state index contributed by atoms with van der Waals surface area (Å²) >= 11 is 0. The molecule has 0 spiro atoms. The van der Waals surface area contributed by atoms with Crippen molar-refractivity contribution in [1.82, 2.24) is 4.90 Å². The average molecular weight is 241 g/mol. The maximum absolute atomic E-state index is 7.26. The fourth-order valence-corrected chi connectivity index (χ4v) is 1.78. The first-order valence-electron chi connectivity index (χ1n) is 6.74. The van der Waals surface area contributed by atoms with Gasteiger partial charge in [-0.15, -0.1) is 0 Å². The van der Waals surface area contributed by atoms with Gasteiger partial charge in [0.05, 0.1) is 12.4 Å². The van der Waals surface area contributed by atoms with Crippen molar-refractivity contribution in [3.63, 3.8) is 0 Å². The summed E-state index contributed by atoms with van der Waals surface area (Å²) < 4.78 is 5.63. The zero-order valence-electron chi connectivity index (χ0n) is 11.2. The third-order valence-corrected chi connectivity index (χ3v) is 3.09. The first-order valence-corrected chi connectivity index (χ1v) is 6.74. The van der Waals surface area contributed by atoms with Crippen LogP contribution in [0.1, 0.15) is 39.5 Å². The molecule has 0 saturated heterocycles. The highest BCUT2D eigenvalue weighted by molar-refractivity contribution is 5.76. The van der Waals surface area contributed by atoms with Gasteiger partial charge in [0.25, 0.3) is 0 Å². The molecule has 0 bridgehead atoms. The summed E-state index contributed by atoms with van der Waals surface area (Å²) in [7, 11) is 0. The molecule has 0 unspecified atom stereocenters. The molecule has 0 aromatic rings. The van der Waals surface area contributed by atoms with E-state index in [1.54, 1.807) is 0 Å². The minimum Gasteiger partial charge on any atom is -0.388 e. The lowest BCUT2D eigenvalue weighted by molar-refractivity contribution is 0.0944. The number of nitrogens with zero attached hydrogens (tertiary/aromatic N) is 1. The molecule has 4 nitrogen and oxygen atoms in total. The van der Waals surface area contributed by atoms with Crippen LogP contribution in [-0.4, -0.2) is 43.1 Å². The third kappa shape index (κ3) is 7.34. The van der Waals surface area contributed by atoms with Crippen LogP contribution in [0.3, 0.4) is 0 Å². The summed E-state index contributed by atoms with van der Waals surface area (Å²) in [4.78, 5) is 2.41. The SMILES string of the molecule is CC(C)CCOCCN(CCC(=N)N)C1CC1. The maximum Gasteiger partial charge on any atom is 0.0918 e. The largest absolute Gasteiger partial charge is 0.388 e. The summed E-state index contributed by atoms with van der Waals surface area (Å²) in [6.07, 6.45) is 4.41. The molecule has 0 aromatic heterocycles. The molecule has 1 rings (SSSR count). The van der Waals surface area contributed by atoms with Crippen LogP contribution in [0, 0.1) is 11.3 Å². The van der Waals surface area contributed by atoms with Crippen LogP contribution in [0.5, 0.6) is 0 Å². The van der Waals surface area contributed by atoms with Crippen molar-refractivity contribution in [2.24, 2.45) is 11.7 Å². The molecule has 17 heavy (non-hydrogen) atoms. The van der Waals surface area contributed by atoms with E-state index in [1.165, 1.54) is 12.8 Å². The Morgan fingerprint density at radius 3 is 2.59 bits per heavy atom. The highest BCUT2D eigenvalue weighted by Gasteiger charge is 2.28. The predicted octanol–water partition coefficient (Wildman–Crippen LogP) is 1.84. The summed E-state index contributed by atoms with van der Waals surface area (Å²) in [5.74, 6) is 1.00. The Labute approximate surface area is 105 Å². The number of ether oxygens (including phenoxy) is 1. The van der Waals surface area contributed by atoms with Crippen LogP contribution >= 0.6 is 0 Å². The monoisotopic (exact) mass is 241 g/mol. The lowest BCUT2D eigenvalue weighted by atomic mass is 10.1. The van der Waals surface area contributed by atoms with Crippen LogP contribution in [0.2, 0.25) is 0 Å². The molecule has 1 aliphatic carbocycles. The van der Waals surface area contributed by atoms with E-state index in [0.29, 0.717) is 12.3 Å². The lowest BCUT2D eigenvalue weighted by Crippen LogP contribution is -2.33. The highest BCUT2D eigenvalue weighted by Crippen LogP contribution is 2.26. The Morgan fingerprint density at radius 2 is 2.06 bits per heavy atom. The van der Waals surface area contributed by atoms with Gasteiger partial charge in [0.1, 0.15) is 0 Å². The van der Waals surface area contributed by atoms with Crippen LogP contribution in [0.25, 0.3) is 0 Å². The quantitative estimate of drug-likeness (QED) is 0.348. The van der Waals surface area contributed by atoms with E-state index < -0.39 is 0 Å². The first kappa shape index (κ1) is 14.5. The minimum absolute atomic E-state index is 0.288. The standard InChI is InChI=1S/C13H27N3O/c1-11(2)6-9-17-10-8-16(12-3-4-12)7-5-13(14)15/h11-12H,3-10H2,1-2H3,(H3,14,15). The molecule has 3 N–H and O–H groups in total. The number of nitrogens with two attached hydrogens (primary N) is 1. The summed E-state index contributed by atoms with van der Waals surface area (Å²) in [6.45, 7) is 7.99. The number of hydrogen-bond acceptors (Lipinski definition) is 3. The van der Waals surface area contributed by atoms with E-state index >= 15 is 0 Å². The molecule has 1 aliphatic rings. The summed E-state index contributed by atoms with van der Waals surface area (Å²) in [5, 5.41) is 7.26. The molecular weight excluding hydrogens is 214 g/mol. The Balaban J connectivity index is 2.06. The molecule has 100 valence electrons. The number of amidine groups is 1. The fourth-order valence-electron chi connectivity index (χ4n) is 1.78. The van der Waals surface area contributed by atoms with Crippen molar-refractivity contribution in [3.8, 4) is 0 Å². The van der Waals surface area contributed by atoms with Crippen molar-refractivity contribution in [2.45, 2.75) is 45.6 Å². The van der Waals surface area contributed by atoms with E-state index in [4.69, 9.17) is 15.9 Å². The van der Waals surface area contributed by atoms with Gasteiger partial charge in [-0.2, -0.15) is 0 Å². The van der Waals surface area contributed by atoms with Gasteiger partial charge in [0, 0.05) is 32.2 Å². The van der Waals surface area contributed by atoms with Crippen molar-refractivity contribution < 1.29 is 4.74 Å². The second-order valence-electron chi connectivity index (χ2n) is 5.34. The molecule has 0 radical (unpaired) electrons. The van der Waals surface area contributed by atoms with E-state index in [0.717, 1.165) is 38.8 Å². The lowest BCUT2D eigenvalue weighted by Gasteiger charge is -2.21. The topological polar surface area (TPSA) is 62.3 Å². The average Bonchev–Trinajstić information content (AvgIpc) is 3.05. The van der Waals surface area contributed by atoms with Crippen LogP contribution in [0.4, 0.5) is 0 Å². The van der Waals surface area contributed by atoms with E-state index in [1.807, 2.05) is 0 Å². The summed E-state index contributed by atoms with van der Waals surface area (Å²) in [5.41, 5.74) is 5.40. The Morgan fingerprint density at radius 1 is 1.35 bits per heavy atom. The van der Waals surface area contributed by atoms with Gasteiger partial charge in [0.2, 0.25) is 0 Å². The number of hydrogen-bond donors (Lipinski definition) is 2. The van der Waals surface area contributed by atoms with Crippen LogP contribution in [0.15, 0.2) is 0 Å². The van der Waals surface area contributed by atoms with Crippen LogP contribution < -0.4 is 5.73 Å². The van der Waals surface area contributed by atoms with E-state index in [2.05, 4.69) is 18.7 Å². The zero-order chi connectivity index (χ0) is 12.7. The highest BCUT2D eigenvalue weighted by atomic mass is 16.5. The Hall–Kier alpha value is -0.610. The molecule has 1 fully saturated rings. The normalized spacial score (nSPS) is 15.8. The molecule has 4 heteroatoms. The van der Waals surface area contributed by atoms with E-state index in [-0.39, 0.29) is 5.84 Å². The van der Waals surface area contributed by atoms with Crippen molar-refractivity contribution in [3.05, 3.63) is 0 Å². The molecule has 1 saturated carbocycles. The van der Waals surface area contributed by atoms with Gasteiger partial charge >= 0.3 is 0 Å². The first-order chi connectivity index (χ1) is 8.09. The van der Waals surface area contributed by atoms with Gasteiger partial charge in [-0.25, -0.2) is 0 Å². The maximum atomic E-state index is 7.26. The van der Waals surface area contributed by atoms with Gasteiger partial charge < -0.3 is 10.5 Å². The number of rotatable bonds is 10. The fraction of sp³-hybridized carbons (Fsp3) is 0.923. The molecule has 0 atom stereocenters. The molecule has 0 aromatic carbocycles. The van der Waals surface area contributed by atoms with Gasteiger partial charge in [0.15, 0.2) is 0 Å². The predicted molar refractivity (Wildman–Crippen MR) is 71.4 cm³/mol. The van der Waals surface area contributed by atoms with Crippen molar-refractivity contribution in [2.75, 3.05) is 26.3 Å². The minimum atomic E-state index is 0.288. The molecule has 0 aliphatic heterocycles. The number of nitrogens with one attached hydrogen (secondary N) is 1. The Kier molecular flexibility index (Phi) is 6.52. The second kappa shape index (κ2) is 7.67. The van der Waals surface area contributed by atoms with Gasteiger partial charge in [-0.1, -0.05) is 13.8 Å². The zero-order valence-corrected chi connectivity index (χ0v) is 11.2. The molecule has 0 amide bonds. The smallest absolute Gasteiger partial charge is 0.0918 e. The van der Waals surface area contributed by atoms with Gasteiger partial charge in [-0.3, -0.25) is 10.3 Å². The second-order valence-corrected chi connectivity index (χ2v) is 5.34. The summed E-state index contributed by atoms with van der Waals surface area (Å²) in [6, 6.07) is 0.725. The van der Waals surface area contributed by atoms with Crippen LogP contribution in [-0.2, 0) is 4.74 Å². The third-order valence-electron chi connectivity index (χ3n) is 3.09.